The lowest BCUT2D eigenvalue weighted by molar-refractivity contribution is -0.135. The van der Waals surface area contributed by atoms with Crippen molar-refractivity contribution in [2.24, 2.45) is 5.41 Å². The molecular weight excluding hydrogens is 282 g/mol. The van der Waals surface area contributed by atoms with E-state index in [1.807, 2.05) is 26.8 Å². The van der Waals surface area contributed by atoms with Crippen LogP contribution in [0.2, 0.25) is 0 Å². The molecule has 0 aliphatic carbocycles. The minimum atomic E-state index is -0.796. The first-order chi connectivity index (χ1) is 9.92. The molecule has 0 radical (unpaired) electrons. The zero-order chi connectivity index (χ0) is 17.6. The standard InChI is InChI=1S/C16H27N3O3/c1-8-10-19(11-9-17)13(20)12(15(2,3)4)18-14(21)22-16(5,6)7/h8,12H,1,10-11H2,2-7H3,(H,18,21)/t12-/m1/s1. The third kappa shape index (κ3) is 7.11. The maximum Gasteiger partial charge on any atom is 0.408 e. The number of nitrogens with one attached hydrogen (secondary N) is 1. The summed E-state index contributed by atoms with van der Waals surface area (Å²) in [5, 5.41) is 11.5. The lowest BCUT2D eigenvalue weighted by Gasteiger charge is -2.34. The molecule has 0 saturated carbocycles. The topological polar surface area (TPSA) is 82.4 Å². The van der Waals surface area contributed by atoms with Crippen LogP contribution in [0.4, 0.5) is 4.79 Å². The summed E-state index contributed by atoms with van der Waals surface area (Å²) in [5.41, 5.74) is -1.17. The summed E-state index contributed by atoms with van der Waals surface area (Å²) in [6, 6.07) is 1.15. The molecule has 0 aromatic heterocycles. The Labute approximate surface area is 133 Å². The van der Waals surface area contributed by atoms with Gasteiger partial charge in [-0.2, -0.15) is 5.26 Å². The summed E-state index contributed by atoms with van der Waals surface area (Å²) in [5.74, 6) is -0.334. The first kappa shape index (κ1) is 20.0. The van der Waals surface area contributed by atoms with Crippen LogP contribution in [0.25, 0.3) is 0 Å². The van der Waals surface area contributed by atoms with Gasteiger partial charge in [-0.15, -0.1) is 6.58 Å². The second-order valence-corrected chi connectivity index (χ2v) is 7.11. The van der Waals surface area contributed by atoms with Crippen LogP contribution in [0.3, 0.4) is 0 Å². The molecular formula is C16H27N3O3. The highest BCUT2D eigenvalue weighted by Gasteiger charge is 2.36. The molecule has 124 valence electrons. The van der Waals surface area contributed by atoms with E-state index in [2.05, 4.69) is 11.9 Å². The van der Waals surface area contributed by atoms with Gasteiger partial charge in [-0.1, -0.05) is 26.8 Å². The maximum absolute atomic E-state index is 12.6. The molecule has 2 amide bonds. The lowest BCUT2D eigenvalue weighted by atomic mass is 9.86. The van der Waals surface area contributed by atoms with Gasteiger partial charge in [-0.05, 0) is 26.2 Å². The average Bonchev–Trinajstić information content (AvgIpc) is 2.31. The minimum absolute atomic E-state index is 0.0621. The summed E-state index contributed by atoms with van der Waals surface area (Å²) < 4.78 is 5.21. The summed E-state index contributed by atoms with van der Waals surface area (Å²) in [7, 11) is 0. The molecule has 0 unspecified atom stereocenters. The van der Waals surface area contributed by atoms with E-state index >= 15 is 0 Å². The molecule has 1 N–H and O–H groups in total. The van der Waals surface area contributed by atoms with E-state index in [9.17, 15) is 9.59 Å². The summed E-state index contributed by atoms with van der Waals surface area (Å²) in [6.45, 7) is 14.5. The zero-order valence-corrected chi connectivity index (χ0v) is 14.4. The number of hydrogen-bond acceptors (Lipinski definition) is 4. The highest BCUT2D eigenvalue weighted by Crippen LogP contribution is 2.22. The first-order valence-corrected chi connectivity index (χ1v) is 7.18. The number of carbonyl (C=O) groups excluding carboxylic acids is 2. The predicted octanol–water partition coefficient (Wildman–Crippen LogP) is 2.46. The fraction of sp³-hybridized carbons (Fsp3) is 0.688. The molecule has 0 rings (SSSR count). The second kappa shape index (κ2) is 7.83. The lowest BCUT2D eigenvalue weighted by Crippen LogP contribution is -2.55. The van der Waals surface area contributed by atoms with Crippen LogP contribution < -0.4 is 5.32 Å². The van der Waals surface area contributed by atoms with Crippen molar-refractivity contribution < 1.29 is 14.3 Å². The predicted molar refractivity (Wildman–Crippen MR) is 85.0 cm³/mol. The van der Waals surface area contributed by atoms with Gasteiger partial charge in [0, 0.05) is 6.54 Å². The number of rotatable bonds is 5. The molecule has 0 aliphatic heterocycles. The number of ether oxygens (including phenoxy) is 1. The molecule has 6 nitrogen and oxygen atoms in total. The van der Waals surface area contributed by atoms with Crippen molar-refractivity contribution in [1.82, 2.24) is 10.2 Å². The SMILES string of the molecule is C=CCN(CC#N)C(=O)[C@@H](NC(=O)OC(C)(C)C)C(C)(C)C. The van der Waals surface area contributed by atoms with Gasteiger partial charge in [0.2, 0.25) is 5.91 Å². The van der Waals surface area contributed by atoms with Crippen molar-refractivity contribution in [3.8, 4) is 6.07 Å². The fourth-order valence-electron chi connectivity index (χ4n) is 1.73. The van der Waals surface area contributed by atoms with Gasteiger partial charge in [0.1, 0.15) is 18.2 Å². The Kier molecular flexibility index (Phi) is 7.11. The van der Waals surface area contributed by atoms with E-state index in [4.69, 9.17) is 10.00 Å². The molecule has 0 bridgehead atoms. The zero-order valence-electron chi connectivity index (χ0n) is 14.4. The van der Waals surface area contributed by atoms with Gasteiger partial charge >= 0.3 is 6.09 Å². The van der Waals surface area contributed by atoms with Crippen LogP contribution in [0, 0.1) is 16.7 Å². The second-order valence-electron chi connectivity index (χ2n) is 7.11. The third-order valence-electron chi connectivity index (χ3n) is 2.70. The van der Waals surface area contributed by atoms with Crippen LogP contribution >= 0.6 is 0 Å². The minimum Gasteiger partial charge on any atom is -0.444 e. The molecule has 0 heterocycles. The molecule has 1 atom stereocenters. The monoisotopic (exact) mass is 309 g/mol. The van der Waals surface area contributed by atoms with E-state index in [-0.39, 0.29) is 19.0 Å². The van der Waals surface area contributed by atoms with E-state index in [0.717, 1.165) is 0 Å². The molecule has 0 fully saturated rings. The largest absolute Gasteiger partial charge is 0.444 e. The smallest absolute Gasteiger partial charge is 0.408 e. The Morgan fingerprint density at radius 1 is 1.32 bits per heavy atom. The molecule has 0 aromatic carbocycles. The van der Waals surface area contributed by atoms with Crippen LogP contribution in [-0.2, 0) is 9.53 Å². The van der Waals surface area contributed by atoms with Crippen LogP contribution in [0.15, 0.2) is 12.7 Å². The van der Waals surface area contributed by atoms with Gasteiger partial charge in [-0.3, -0.25) is 4.79 Å². The van der Waals surface area contributed by atoms with Crippen molar-refractivity contribution in [2.75, 3.05) is 13.1 Å². The van der Waals surface area contributed by atoms with Crippen LogP contribution in [0.1, 0.15) is 41.5 Å². The van der Waals surface area contributed by atoms with E-state index in [1.54, 1.807) is 26.8 Å². The highest BCUT2D eigenvalue weighted by molar-refractivity contribution is 5.86. The van der Waals surface area contributed by atoms with E-state index < -0.39 is 23.2 Å². The average molecular weight is 309 g/mol. The molecule has 6 heteroatoms. The molecule has 0 spiro atoms. The summed E-state index contributed by atoms with van der Waals surface area (Å²) >= 11 is 0. The van der Waals surface area contributed by atoms with Crippen molar-refractivity contribution in [3.05, 3.63) is 12.7 Å². The fourth-order valence-corrected chi connectivity index (χ4v) is 1.73. The molecule has 0 aromatic rings. The van der Waals surface area contributed by atoms with Gasteiger partial charge in [-0.25, -0.2) is 4.79 Å². The van der Waals surface area contributed by atoms with Gasteiger partial charge in [0.25, 0.3) is 0 Å². The molecule has 0 aliphatic rings. The number of nitriles is 1. The number of carbonyl (C=O) groups is 2. The van der Waals surface area contributed by atoms with Gasteiger partial charge in [0.05, 0.1) is 6.07 Å². The van der Waals surface area contributed by atoms with Crippen molar-refractivity contribution in [2.45, 2.75) is 53.2 Å². The molecule has 0 saturated heterocycles. The third-order valence-corrected chi connectivity index (χ3v) is 2.70. The van der Waals surface area contributed by atoms with Crippen molar-refractivity contribution in [3.63, 3.8) is 0 Å². The summed E-state index contributed by atoms with van der Waals surface area (Å²) in [4.78, 5) is 25.9. The number of hydrogen-bond donors (Lipinski definition) is 1. The Balaban J connectivity index is 5.21. The van der Waals surface area contributed by atoms with Gasteiger partial charge in [0.15, 0.2) is 0 Å². The number of amides is 2. The number of nitrogens with zero attached hydrogens (tertiary/aromatic N) is 2. The van der Waals surface area contributed by atoms with Crippen LogP contribution in [-0.4, -0.2) is 41.6 Å². The Bertz CT molecular complexity index is 453. The van der Waals surface area contributed by atoms with Crippen LogP contribution in [0.5, 0.6) is 0 Å². The number of alkyl carbamates (subject to hydrolysis) is 1. The van der Waals surface area contributed by atoms with Crippen molar-refractivity contribution >= 4 is 12.0 Å². The van der Waals surface area contributed by atoms with Gasteiger partial charge < -0.3 is 15.0 Å². The summed E-state index contributed by atoms with van der Waals surface area (Å²) in [6.07, 6.45) is 0.888. The maximum atomic E-state index is 12.6. The normalized spacial score (nSPS) is 12.8. The van der Waals surface area contributed by atoms with Crippen molar-refractivity contribution in [1.29, 1.82) is 5.26 Å². The Hall–Kier alpha value is -2.03. The van der Waals surface area contributed by atoms with E-state index in [0.29, 0.717) is 0 Å². The Morgan fingerprint density at radius 3 is 2.23 bits per heavy atom. The Morgan fingerprint density at radius 2 is 1.86 bits per heavy atom. The highest BCUT2D eigenvalue weighted by atomic mass is 16.6. The quantitative estimate of drug-likeness (QED) is 0.624. The molecule has 22 heavy (non-hydrogen) atoms. The van der Waals surface area contributed by atoms with E-state index in [1.165, 1.54) is 4.90 Å². The first-order valence-electron chi connectivity index (χ1n) is 7.18.